The number of nitrogens with zero attached hydrogens (tertiary/aromatic N) is 1. The third kappa shape index (κ3) is 4.76. The molecule has 0 radical (unpaired) electrons. The highest BCUT2D eigenvalue weighted by molar-refractivity contribution is 9.11. The second kappa shape index (κ2) is 7.20. The minimum absolute atomic E-state index is 0.217. The molecule has 1 aromatic rings. The second-order valence-corrected chi connectivity index (χ2v) is 6.43. The third-order valence-corrected chi connectivity index (χ3v) is 4.07. The maximum absolute atomic E-state index is 11.8. The fraction of sp³-hybridized carbons (Fsp3) is 0.583. The molecule has 2 nitrogen and oxygen atoms in total. The van der Waals surface area contributed by atoms with Crippen molar-refractivity contribution in [3.8, 4) is 0 Å². The van der Waals surface area contributed by atoms with Gasteiger partial charge < -0.3 is 0 Å². The van der Waals surface area contributed by atoms with Gasteiger partial charge in [0.15, 0.2) is 5.78 Å². The van der Waals surface area contributed by atoms with E-state index in [1.807, 2.05) is 19.2 Å². The van der Waals surface area contributed by atoms with E-state index in [4.69, 9.17) is 0 Å². The zero-order valence-corrected chi connectivity index (χ0v) is 12.2. The standard InChI is InChI=1S/C12H18BrNOS/c1-3-4-5-8-14(2)9-10(15)11-6-7-12(13)16-11/h6-7H,3-5,8-9H2,1-2H3. The van der Waals surface area contributed by atoms with Gasteiger partial charge in [0.05, 0.1) is 15.2 Å². The Balaban J connectivity index is 2.33. The minimum Gasteiger partial charge on any atom is -0.299 e. The van der Waals surface area contributed by atoms with Crippen molar-refractivity contribution in [3.63, 3.8) is 0 Å². The predicted molar refractivity (Wildman–Crippen MR) is 73.4 cm³/mol. The van der Waals surface area contributed by atoms with Gasteiger partial charge >= 0.3 is 0 Å². The maximum Gasteiger partial charge on any atom is 0.186 e. The molecule has 0 atom stereocenters. The molecule has 0 aromatic carbocycles. The first-order valence-corrected chi connectivity index (χ1v) is 7.21. The van der Waals surface area contributed by atoms with Crippen molar-refractivity contribution >= 4 is 33.0 Å². The molecule has 0 fully saturated rings. The van der Waals surface area contributed by atoms with Crippen LogP contribution in [0.25, 0.3) is 0 Å². The monoisotopic (exact) mass is 303 g/mol. The highest BCUT2D eigenvalue weighted by Gasteiger charge is 2.10. The molecular weight excluding hydrogens is 286 g/mol. The Bertz CT molecular complexity index is 338. The van der Waals surface area contributed by atoms with Crippen molar-refractivity contribution in [2.45, 2.75) is 26.2 Å². The third-order valence-electron chi connectivity index (χ3n) is 2.40. The molecule has 0 saturated heterocycles. The first-order valence-electron chi connectivity index (χ1n) is 5.60. The topological polar surface area (TPSA) is 20.3 Å². The molecule has 0 spiro atoms. The van der Waals surface area contributed by atoms with Crippen LogP contribution in [0.4, 0.5) is 0 Å². The molecule has 0 aliphatic heterocycles. The number of carbonyl (C=O) groups excluding carboxylic acids is 1. The van der Waals surface area contributed by atoms with Gasteiger partial charge in [-0.25, -0.2) is 0 Å². The molecule has 0 amide bonds. The van der Waals surface area contributed by atoms with E-state index in [-0.39, 0.29) is 5.78 Å². The summed E-state index contributed by atoms with van der Waals surface area (Å²) in [5.41, 5.74) is 0. The number of unbranched alkanes of at least 4 members (excludes halogenated alkanes) is 2. The van der Waals surface area contributed by atoms with Gasteiger partial charge in [0, 0.05) is 0 Å². The van der Waals surface area contributed by atoms with E-state index in [0.717, 1.165) is 15.2 Å². The Kier molecular flexibility index (Phi) is 6.24. The Morgan fingerprint density at radius 2 is 2.19 bits per heavy atom. The molecule has 4 heteroatoms. The van der Waals surface area contributed by atoms with Crippen molar-refractivity contribution in [2.24, 2.45) is 0 Å². The van der Waals surface area contributed by atoms with Crippen LogP contribution in [-0.2, 0) is 0 Å². The Morgan fingerprint density at radius 3 is 2.75 bits per heavy atom. The van der Waals surface area contributed by atoms with E-state index >= 15 is 0 Å². The van der Waals surface area contributed by atoms with Crippen molar-refractivity contribution < 1.29 is 4.79 Å². The summed E-state index contributed by atoms with van der Waals surface area (Å²) in [4.78, 5) is 14.8. The van der Waals surface area contributed by atoms with Gasteiger partial charge in [-0.05, 0) is 48.1 Å². The van der Waals surface area contributed by atoms with Crippen LogP contribution in [0.1, 0.15) is 35.9 Å². The SMILES string of the molecule is CCCCCN(C)CC(=O)c1ccc(Br)s1. The van der Waals surface area contributed by atoms with E-state index in [9.17, 15) is 4.79 Å². The van der Waals surface area contributed by atoms with Crippen LogP contribution in [0.3, 0.4) is 0 Å². The molecule has 0 bridgehead atoms. The first kappa shape index (κ1) is 13.9. The van der Waals surface area contributed by atoms with Crippen molar-refractivity contribution in [2.75, 3.05) is 20.1 Å². The predicted octanol–water partition coefficient (Wildman–Crippen LogP) is 3.82. The molecule has 0 aliphatic rings. The lowest BCUT2D eigenvalue weighted by Crippen LogP contribution is -2.26. The fourth-order valence-electron chi connectivity index (χ4n) is 1.50. The molecule has 0 unspecified atom stereocenters. The number of likely N-dealkylation sites (N-methyl/N-ethyl adjacent to an activating group) is 1. The lowest BCUT2D eigenvalue weighted by molar-refractivity contribution is 0.0949. The highest BCUT2D eigenvalue weighted by atomic mass is 79.9. The summed E-state index contributed by atoms with van der Waals surface area (Å²) >= 11 is 4.88. The van der Waals surface area contributed by atoms with Crippen molar-refractivity contribution in [1.82, 2.24) is 4.90 Å². The summed E-state index contributed by atoms with van der Waals surface area (Å²) in [7, 11) is 2.01. The lowest BCUT2D eigenvalue weighted by Gasteiger charge is -2.14. The average Bonchev–Trinajstić information content (AvgIpc) is 2.65. The summed E-state index contributed by atoms with van der Waals surface area (Å²) in [6, 6.07) is 3.81. The number of Topliss-reactive ketones (excluding diaryl/α,β-unsaturated/α-hetero) is 1. The van der Waals surface area contributed by atoms with Gasteiger partial charge in [-0.15, -0.1) is 11.3 Å². The van der Waals surface area contributed by atoms with E-state index in [1.54, 1.807) is 0 Å². The number of halogens is 1. The maximum atomic E-state index is 11.8. The van der Waals surface area contributed by atoms with E-state index in [1.165, 1.54) is 30.6 Å². The average molecular weight is 304 g/mol. The number of hydrogen-bond donors (Lipinski definition) is 0. The molecule has 1 aromatic heterocycles. The van der Waals surface area contributed by atoms with Crippen LogP contribution in [-0.4, -0.2) is 30.8 Å². The van der Waals surface area contributed by atoms with Crippen molar-refractivity contribution in [1.29, 1.82) is 0 Å². The number of carbonyl (C=O) groups is 1. The molecule has 0 saturated carbocycles. The molecule has 16 heavy (non-hydrogen) atoms. The summed E-state index contributed by atoms with van der Waals surface area (Å²) in [5.74, 6) is 0.217. The Morgan fingerprint density at radius 1 is 1.44 bits per heavy atom. The van der Waals surface area contributed by atoms with Crippen LogP contribution in [0.15, 0.2) is 15.9 Å². The summed E-state index contributed by atoms with van der Waals surface area (Å²) in [5, 5.41) is 0. The summed E-state index contributed by atoms with van der Waals surface area (Å²) in [6.07, 6.45) is 3.64. The Hall–Kier alpha value is -0.190. The fourth-order valence-corrected chi connectivity index (χ4v) is 2.81. The van der Waals surface area contributed by atoms with Gasteiger partial charge in [0.1, 0.15) is 0 Å². The quantitative estimate of drug-likeness (QED) is 0.564. The van der Waals surface area contributed by atoms with E-state index in [2.05, 4.69) is 27.8 Å². The molecule has 1 heterocycles. The molecule has 1 rings (SSSR count). The van der Waals surface area contributed by atoms with Crippen LogP contribution in [0.2, 0.25) is 0 Å². The smallest absolute Gasteiger partial charge is 0.186 e. The molecule has 90 valence electrons. The lowest BCUT2D eigenvalue weighted by atomic mass is 10.2. The van der Waals surface area contributed by atoms with E-state index in [0.29, 0.717) is 6.54 Å². The van der Waals surface area contributed by atoms with Gasteiger partial charge in [-0.3, -0.25) is 9.69 Å². The minimum atomic E-state index is 0.217. The summed E-state index contributed by atoms with van der Waals surface area (Å²) in [6.45, 7) is 3.72. The van der Waals surface area contributed by atoms with Gasteiger partial charge in [0.25, 0.3) is 0 Å². The van der Waals surface area contributed by atoms with Crippen LogP contribution in [0.5, 0.6) is 0 Å². The van der Waals surface area contributed by atoms with Crippen LogP contribution in [0, 0.1) is 0 Å². The zero-order valence-electron chi connectivity index (χ0n) is 9.83. The molecule has 0 N–H and O–H groups in total. The number of thiophene rings is 1. The largest absolute Gasteiger partial charge is 0.299 e. The van der Waals surface area contributed by atoms with Gasteiger partial charge in [0.2, 0.25) is 0 Å². The van der Waals surface area contributed by atoms with E-state index < -0.39 is 0 Å². The van der Waals surface area contributed by atoms with Gasteiger partial charge in [-0.1, -0.05) is 19.8 Å². The normalized spacial score (nSPS) is 11.0. The van der Waals surface area contributed by atoms with Crippen LogP contribution >= 0.6 is 27.3 Å². The first-order chi connectivity index (χ1) is 7.63. The number of hydrogen-bond acceptors (Lipinski definition) is 3. The number of ketones is 1. The zero-order chi connectivity index (χ0) is 12.0. The highest BCUT2D eigenvalue weighted by Crippen LogP contribution is 2.22. The van der Waals surface area contributed by atoms with Crippen molar-refractivity contribution in [3.05, 3.63) is 20.8 Å². The summed E-state index contributed by atoms with van der Waals surface area (Å²) < 4.78 is 1.02. The molecular formula is C12H18BrNOS. The Labute approximate surface area is 110 Å². The molecule has 0 aliphatic carbocycles. The van der Waals surface area contributed by atoms with Gasteiger partial charge in [-0.2, -0.15) is 0 Å². The van der Waals surface area contributed by atoms with Crippen LogP contribution < -0.4 is 0 Å². The second-order valence-electron chi connectivity index (χ2n) is 3.97. The number of rotatable bonds is 7.